The third kappa shape index (κ3) is 2.35. The van der Waals surface area contributed by atoms with Gasteiger partial charge in [0.1, 0.15) is 5.69 Å². The lowest BCUT2D eigenvalue weighted by Crippen LogP contribution is -2.08. The van der Waals surface area contributed by atoms with Crippen LogP contribution in [0.25, 0.3) is 10.9 Å². The van der Waals surface area contributed by atoms with Gasteiger partial charge in [-0.1, -0.05) is 0 Å². The van der Waals surface area contributed by atoms with Crippen molar-refractivity contribution >= 4 is 28.2 Å². The van der Waals surface area contributed by atoms with E-state index in [1.807, 2.05) is 0 Å². The van der Waals surface area contributed by atoms with Gasteiger partial charge in [0.15, 0.2) is 11.6 Å². The van der Waals surface area contributed by atoms with Crippen LogP contribution in [-0.4, -0.2) is 26.3 Å². The molecule has 7 nitrogen and oxygen atoms in total. The van der Waals surface area contributed by atoms with Crippen LogP contribution in [-0.2, 0) is 11.3 Å². The third-order valence-electron chi connectivity index (χ3n) is 2.65. The van der Waals surface area contributed by atoms with E-state index in [2.05, 4.69) is 5.10 Å². The zero-order valence-electron chi connectivity index (χ0n) is 10.4. The number of rotatable bonds is 4. The van der Waals surface area contributed by atoms with Gasteiger partial charge in [-0.25, -0.2) is 0 Å². The Kier molecular flexibility index (Phi) is 3.12. The summed E-state index contributed by atoms with van der Waals surface area (Å²) in [7, 11) is 0. The van der Waals surface area contributed by atoms with E-state index in [-0.39, 0.29) is 29.5 Å². The van der Waals surface area contributed by atoms with Crippen molar-refractivity contribution in [3.63, 3.8) is 0 Å². The predicted molar refractivity (Wildman–Crippen MR) is 67.1 cm³/mol. The molecule has 0 aliphatic carbocycles. The van der Waals surface area contributed by atoms with Crippen LogP contribution in [0.1, 0.15) is 24.3 Å². The van der Waals surface area contributed by atoms with Crippen molar-refractivity contribution in [2.45, 2.75) is 20.4 Å². The fourth-order valence-electron chi connectivity index (χ4n) is 1.87. The quantitative estimate of drug-likeness (QED) is 0.474. The normalized spacial score (nSPS) is 10.6. The van der Waals surface area contributed by atoms with Crippen molar-refractivity contribution in [3.05, 3.63) is 34.0 Å². The van der Waals surface area contributed by atoms with E-state index < -0.39 is 4.92 Å². The monoisotopic (exact) mass is 261 g/mol. The van der Waals surface area contributed by atoms with Gasteiger partial charge < -0.3 is 0 Å². The third-order valence-corrected chi connectivity index (χ3v) is 2.65. The van der Waals surface area contributed by atoms with Crippen LogP contribution in [0.5, 0.6) is 0 Å². The fourth-order valence-corrected chi connectivity index (χ4v) is 1.87. The summed E-state index contributed by atoms with van der Waals surface area (Å²) >= 11 is 0. The first-order valence-electron chi connectivity index (χ1n) is 5.55. The van der Waals surface area contributed by atoms with Gasteiger partial charge in [-0.15, -0.1) is 0 Å². The van der Waals surface area contributed by atoms with E-state index in [1.54, 1.807) is 0 Å². The Morgan fingerprint density at radius 1 is 1.37 bits per heavy atom. The largest absolute Gasteiger partial charge is 0.298 e. The van der Waals surface area contributed by atoms with Crippen molar-refractivity contribution in [3.8, 4) is 0 Å². The maximum Gasteiger partial charge on any atom is 0.270 e. The van der Waals surface area contributed by atoms with Gasteiger partial charge in [0.25, 0.3) is 5.69 Å². The lowest BCUT2D eigenvalue weighted by Gasteiger charge is -1.99. The Hall–Kier alpha value is -2.57. The van der Waals surface area contributed by atoms with Gasteiger partial charge in [-0.2, -0.15) is 5.10 Å². The summed E-state index contributed by atoms with van der Waals surface area (Å²) in [6.45, 7) is 2.77. The molecule has 0 radical (unpaired) electrons. The second-order valence-electron chi connectivity index (χ2n) is 4.22. The van der Waals surface area contributed by atoms with Gasteiger partial charge in [-0.05, 0) is 13.0 Å². The Bertz CT molecular complexity index is 702. The first kappa shape index (κ1) is 12.9. The summed E-state index contributed by atoms with van der Waals surface area (Å²) in [5.74, 6) is -0.411. The Morgan fingerprint density at radius 3 is 2.58 bits per heavy atom. The lowest BCUT2D eigenvalue weighted by atomic mass is 10.1. The van der Waals surface area contributed by atoms with E-state index in [0.717, 1.165) is 0 Å². The zero-order valence-corrected chi connectivity index (χ0v) is 10.4. The molecule has 1 aromatic heterocycles. The number of nitro benzene ring substituents is 1. The molecule has 0 spiro atoms. The minimum absolute atomic E-state index is 0.0294. The van der Waals surface area contributed by atoms with Crippen LogP contribution in [0.3, 0.4) is 0 Å². The number of nitro groups is 1. The number of carbonyl (C=O) groups is 2. The van der Waals surface area contributed by atoms with Gasteiger partial charge in [0.05, 0.1) is 17.0 Å². The summed E-state index contributed by atoms with van der Waals surface area (Å²) in [6.07, 6.45) is 0. The van der Waals surface area contributed by atoms with E-state index in [1.165, 1.54) is 36.7 Å². The standard InChI is InChI=1S/C12H11N3O4/c1-7(16)6-14-11-4-3-9(15(18)19)5-10(11)12(13-14)8(2)17/h3-5H,6H2,1-2H3. The van der Waals surface area contributed by atoms with E-state index in [4.69, 9.17) is 0 Å². The van der Waals surface area contributed by atoms with E-state index in [9.17, 15) is 19.7 Å². The number of hydrogen-bond acceptors (Lipinski definition) is 5. The number of carbonyl (C=O) groups excluding carboxylic acids is 2. The molecular formula is C12H11N3O4. The molecule has 7 heteroatoms. The molecule has 1 aromatic carbocycles. The fraction of sp³-hybridized carbons (Fsp3) is 0.250. The number of aromatic nitrogens is 2. The summed E-state index contributed by atoms with van der Waals surface area (Å²) in [5, 5.41) is 15.2. The minimum atomic E-state index is -0.536. The number of benzene rings is 1. The molecule has 2 aromatic rings. The van der Waals surface area contributed by atoms with Crippen molar-refractivity contribution < 1.29 is 14.5 Å². The molecule has 1 heterocycles. The first-order valence-corrected chi connectivity index (χ1v) is 5.55. The van der Waals surface area contributed by atoms with E-state index in [0.29, 0.717) is 10.9 Å². The van der Waals surface area contributed by atoms with Crippen molar-refractivity contribution in [2.75, 3.05) is 0 Å². The topological polar surface area (TPSA) is 95.1 Å². The summed E-state index contributed by atoms with van der Waals surface area (Å²) < 4.78 is 1.39. The van der Waals surface area contributed by atoms with Crippen molar-refractivity contribution in [1.82, 2.24) is 9.78 Å². The summed E-state index contributed by atoms with van der Waals surface area (Å²) in [5.41, 5.74) is 0.559. The Morgan fingerprint density at radius 2 is 2.05 bits per heavy atom. The lowest BCUT2D eigenvalue weighted by molar-refractivity contribution is -0.384. The molecule has 0 saturated heterocycles. The highest BCUT2D eigenvalue weighted by Gasteiger charge is 2.18. The van der Waals surface area contributed by atoms with Crippen LogP contribution in [0.2, 0.25) is 0 Å². The van der Waals surface area contributed by atoms with Crippen LogP contribution in [0.15, 0.2) is 18.2 Å². The van der Waals surface area contributed by atoms with Crippen LogP contribution < -0.4 is 0 Å². The van der Waals surface area contributed by atoms with Gasteiger partial charge in [0.2, 0.25) is 0 Å². The molecule has 98 valence electrons. The van der Waals surface area contributed by atoms with Crippen molar-refractivity contribution in [2.24, 2.45) is 0 Å². The van der Waals surface area contributed by atoms with Gasteiger partial charge in [0, 0.05) is 24.4 Å². The highest BCUT2D eigenvalue weighted by atomic mass is 16.6. The van der Waals surface area contributed by atoms with Crippen LogP contribution in [0.4, 0.5) is 5.69 Å². The molecule has 19 heavy (non-hydrogen) atoms. The highest BCUT2D eigenvalue weighted by molar-refractivity contribution is 6.05. The molecule has 0 saturated carbocycles. The molecule has 0 aliphatic rings. The van der Waals surface area contributed by atoms with Gasteiger partial charge in [-0.3, -0.25) is 24.4 Å². The average Bonchev–Trinajstić information content (AvgIpc) is 2.66. The number of non-ortho nitro benzene ring substituents is 1. The summed E-state index contributed by atoms with van der Waals surface area (Å²) in [6, 6.07) is 4.12. The number of Topliss-reactive ketones (excluding diaryl/α,β-unsaturated/α-hetero) is 2. The molecule has 2 rings (SSSR count). The van der Waals surface area contributed by atoms with Gasteiger partial charge >= 0.3 is 0 Å². The Labute approximate surface area is 108 Å². The molecule has 0 amide bonds. The first-order chi connectivity index (χ1) is 8.90. The molecule has 0 unspecified atom stereocenters. The summed E-state index contributed by atoms with van der Waals surface area (Å²) in [4.78, 5) is 32.9. The zero-order chi connectivity index (χ0) is 14.2. The molecule has 0 atom stereocenters. The molecule has 0 bridgehead atoms. The predicted octanol–water partition coefficient (Wildman–Crippen LogP) is 1.74. The number of fused-ring (bicyclic) bond motifs is 1. The number of ketones is 2. The molecule has 0 N–H and O–H groups in total. The SMILES string of the molecule is CC(=O)Cn1nc(C(C)=O)c2cc([N+](=O)[O-])ccc21. The minimum Gasteiger partial charge on any atom is -0.298 e. The molecule has 0 fully saturated rings. The molecule has 0 aliphatic heterocycles. The van der Waals surface area contributed by atoms with Crippen LogP contribution >= 0.6 is 0 Å². The second-order valence-corrected chi connectivity index (χ2v) is 4.22. The maximum absolute atomic E-state index is 11.5. The number of hydrogen-bond donors (Lipinski definition) is 0. The molecular weight excluding hydrogens is 250 g/mol. The Balaban J connectivity index is 2.71. The van der Waals surface area contributed by atoms with E-state index >= 15 is 0 Å². The van der Waals surface area contributed by atoms with Crippen LogP contribution in [0, 0.1) is 10.1 Å². The second kappa shape index (κ2) is 4.60. The smallest absolute Gasteiger partial charge is 0.270 e. The number of nitrogens with zero attached hydrogens (tertiary/aromatic N) is 3. The maximum atomic E-state index is 11.5. The average molecular weight is 261 g/mol. The van der Waals surface area contributed by atoms with Crippen molar-refractivity contribution in [1.29, 1.82) is 0 Å². The highest BCUT2D eigenvalue weighted by Crippen LogP contribution is 2.24.